The van der Waals surface area contributed by atoms with Crippen LogP contribution in [0.25, 0.3) is 0 Å². The van der Waals surface area contributed by atoms with Gasteiger partial charge < -0.3 is 15.2 Å². The first kappa shape index (κ1) is 16.6. The fourth-order valence-corrected chi connectivity index (χ4v) is 4.28. The molecule has 128 valence electrons. The van der Waals surface area contributed by atoms with Gasteiger partial charge in [-0.1, -0.05) is 26.8 Å². The van der Waals surface area contributed by atoms with Gasteiger partial charge in [0.05, 0.1) is 0 Å². The summed E-state index contributed by atoms with van der Waals surface area (Å²) in [4.78, 5) is 0. The molecule has 1 fully saturated rings. The van der Waals surface area contributed by atoms with Crippen LogP contribution in [-0.2, 0) is 0 Å². The van der Waals surface area contributed by atoms with Crippen molar-refractivity contribution in [2.45, 2.75) is 52.4 Å². The summed E-state index contributed by atoms with van der Waals surface area (Å²) in [7, 11) is 0. The van der Waals surface area contributed by atoms with Gasteiger partial charge in [0.1, 0.15) is 13.2 Å². The third kappa shape index (κ3) is 3.65. The second kappa shape index (κ2) is 6.72. The van der Waals surface area contributed by atoms with Crippen molar-refractivity contribution in [2.75, 3.05) is 19.8 Å². The lowest BCUT2D eigenvalue weighted by atomic mass is 9.66. The van der Waals surface area contributed by atoms with E-state index >= 15 is 0 Å². The van der Waals surface area contributed by atoms with Crippen molar-refractivity contribution in [3.8, 4) is 11.5 Å². The van der Waals surface area contributed by atoms with Crippen LogP contribution < -0.4 is 15.2 Å². The van der Waals surface area contributed by atoms with Crippen LogP contribution in [0.15, 0.2) is 18.2 Å². The smallest absolute Gasteiger partial charge is 0.161 e. The summed E-state index contributed by atoms with van der Waals surface area (Å²) < 4.78 is 11.4. The van der Waals surface area contributed by atoms with Gasteiger partial charge in [0.2, 0.25) is 0 Å². The minimum Gasteiger partial charge on any atom is -0.486 e. The van der Waals surface area contributed by atoms with Crippen molar-refractivity contribution < 1.29 is 9.47 Å². The van der Waals surface area contributed by atoms with Crippen molar-refractivity contribution in [3.63, 3.8) is 0 Å². The Morgan fingerprint density at radius 2 is 1.70 bits per heavy atom. The first-order valence-electron chi connectivity index (χ1n) is 9.08. The molecule has 0 bridgehead atoms. The molecule has 0 spiro atoms. The van der Waals surface area contributed by atoms with E-state index in [-0.39, 0.29) is 0 Å². The Balaban J connectivity index is 1.71. The highest BCUT2D eigenvalue weighted by atomic mass is 16.6. The maximum absolute atomic E-state index is 6.16. The Bertz CT molecular complexity index is 527. The average Bonchev–Trinajstić information content (AvgIpc) is 2.55. The van der Waals surface area contributed by atoms with Gasteiger partial charge in [0, 0.05) is 0 Å². The van der Waals surface area contributed by atoms with Gasteiger partial charge in [0.15, 0.2) is 11.5 Å². The van der Waals surface area contributed by atoms with Crippen LogP contribution in [0, 0.1) is 17.3 Å². The van der Waals surface area contributed by atoms with Crippen molar-refractivity contribution in [3.05, 3.63) is 23.8 Å². The van der Waals surface area contributed by atoms with Crippen LogP contribution >= 0.6 is 0 Å². The van der Waals surface area contributed by atoms with Gasteiger partial charge in [-0.2, -0.15) is 0 Å². The Morgan fingerprint density at radius 1 is 1.04 bits per heavy atom. The lowest BCUT2D eigenvalue weighted by molar-refractivity contribution is 0.139. The van der Waals surface area contributed by atoms with Gasteiger partial charge in [-0.05, 0) is 73.1 Å². The molecule has 3 heteroatoms. The van der Waals surface area contributed by atoms with E-state index in [0.717, 1.165) is 17.4 Å². The molecule has 3 rings (SSSR count). The predicted octanol–water partition coefficient (Wildman–Crippen LogP) is 4.35. The summed E-state index contributed by atoms with van der Waals surface area (Å²) in [5.41, 5.74) is 7.91. The minimum atomic E-state index is 0.431. The first-order valence-corrected chi connectivity index (χ1v) is 9.08. The molecule has 0 aromatic heterocycles. The van der Waals surface area contributed by atoms with Crippen LogP contribution in [0.3, 0.4) is 0 Å². The van der Waals surface area contributed by atoms with Crippen LogP contribution in [0.1, 0.15) is 57.9 Å². The van der Waals surface area contributed by atoms with E-state index in [0.29, 0.717) is 37.0 Å². The average molecular weight is 317 g/mol. The molecule has 1 atom stereocenters. The standard InChI is InChI=1S/C20H31NO2/c1-20(2,3)16-7-4-14(5-8-16)17(13-21)15-6-9-18-19(12-15)23-11-10-22-18/h6,9,12,14,16-17H,4-5,7-8,10-11,13,21H2,1-3H3. The van der Waals surface area contributed by atoms with Crippen LogP contribution in [0.4, 0.5) is 0 Å². The predicted molar refractivity (Wildman–Crippen MR) is 94.1 cm³/mol. The summed E-state index contributed by atoms with van der Waals surface area (Å²) in [6, 6.07) is 6.38. The maximum atomic E-state index is 6.16. The van der Waals surface area contributed by atoms with Crippen molar-refractivity contribution in [1.82, 2.24) is 0 Å². The first-order chi connectivity index (χ1) is 11.0. The van der Waals surface area contributed by atoms with E-state index < -0.39 is 0 Å². The molecular weight excluding hydrogens is 286 g/mol. The van der Waals surface area contributed by atoms with Crippen molar-refractivity contribution >= 4 is 0 Å². The topological polar surface area (TPSA) is 44.5 Å². The molecule has 1 aromatic rings. The molecule has 0 amide bonds. The van der Waals surface area contributed by atoms with Crippen molar-refractivity contribution in [1.29, 1.82) is 0 Å². The summed E-state index contributed by atoms with van der Waals surface area (Å²) in [6.45, 7) is 9.12. The number of ether oxygens (including phenoxy) is 2. The molecule has 2 aliphatic rings. The van der Waals surface area contributed by atoms with Gasteiger partial charge in [-0.25, -0.2) is 0 Å². The van der Waals surface area contributed by atoms with E-state index in [1.807, 2.05) is 6.07 Å². The molecule has 3 nitrogen and oxygen atoms in total. The normalized spacial score (nSPS) is 25.9. The lowest BCUT2D eigenvalue weighted by Crippen LogP contribution is -2.30. The van der Waals surface area contributed by atoms with Gasteiger partial charge in [-0.3, -0.25) is 0 Å². The van der Waals surface area contributed by atoms with Crippen molar-refractivity contribution in [2.24, 2.45) is 23.0 Å². The zero-order chi connectivity index (χ0) is 16.4. The minimum absolute atomic E-state index is 0.431. The second-order valence-electron chi connectivity index (χ2n) is 8.22. The fraction of sp³-hybridized carbons (Fsp3) is 0.700. The Hall–Kier alpha value is -1.22. The molecule has 1 aromatic carbocycles. The van der Waals surface area contributed by atoms with E-state index in [9.17, 15) is 0 Å². The van der Waals surface area contributed by atoms with Crippen LogP contribution in [0.5, 0.6) is 11.5 Å². The monoisotopic (exact) mass is 317 g/mol. The number of fused-ring (bicyclic) bond motifs is 1. The number of hydrogen-bond donors (Lipinski definition) is 1. The number of rotatable bonds is 3. The number of hydrogen-bond acceptors (Lipinski definition) is 3. The number of benzene rings is 1. The number of nitrogens with two attached hydrogens (primary N) is 1. The lowest BCUT2D eigenvalue weighted by Gasteiger charge is -2.39. The highest BCUT2D eigenvalue weighted by molar-refractivity contribution is 5.45. The Kier molecular flexibility index (Phi) is 4.86. The highest BCUT2D eigenvalue weighted by Gasteiger charge is 2.33. The SMILES string of the molecule is CC(C)(C)C1CCC(C(CN)c2ccc3c(c2)OCCO3)CC1. The highest BCUT2D eigenvalue weighted by Crippen LogP contribution is 2.45. The quantitative estimate of drug-likeness (QED) is 0.901. The molecular formula is C20H31NO2. The molecule has 1 aliphatic carbocycles. The van der Waals surface area contributed by atoms with E-state index in [4.69, 9.17) is 15.2 Å². The molecule has 1 heterocycles. The van der Waals surface area contributed by atoms with Gasteiger partial charge >= 0.3 is 0 Å². The molecule has 2 N–H and O–H groups in total. The molecule has 23 heavy (non-hydrogen) atoms. The second-order valence-corrected chi connectivity index (χ2v) is 8.22. The van der Waals surface area contributed by atoms with Gasteiger partial charge in [0.25, 0.3) is 0 Å². The van der Waals surface area contributed by atoms with Crippen LogP contribution in [-0.4, -0.2) is 19.8 Å². The molecule has 0 radical (unpaired) electrons. The maximum Gasteiger partial charge on any atom is 0.161 e. The van der Waals surface area contributed by atoms with Gasteiger partial charge in [-0.15, -0.1) is 0 Å². The Morgan fingerprint density at radius 3 is 2.30 bits per heavy atom. The molecule has 1 unspecified atom stereocenters. The fourth-order valence-electron chi connectivity index (χ4n) is 4.28. The van der Waals surface area contributed by atoms with E-state index in [1.165, 1.54) is 31.2 Å². The third-order valence-electron chi connectivity index (χ3n) is 5.81. The zero-order valence-electron chi connectivity index (χ0n) is 14.8. The third-order valence-corrected chi connectivity index (χ3v) is 5.81. The zero-order valence-corrected chi connectivity index (χ0v) is 14.8. The molecule has 1 aliphatic heterocycles. The molecule has 1 saturated carbocycles. The molecule has 0 saturated heterocycles. The summed E-state index contributed by atoms with van der Waals surface area (Å²) >= 11 is 0. The summed E-state index contributed by atoms with van der Waals surface area (Å²) in [5, 5.41) is 0. The van der Waals surface area contributed by atoms with E-state index in [2.05, 4.69) is 32.9 Å². The van der Waals surface area contributed by atoms with E-state index in [1.54, 1.807) is 0 Å². The van der Waals surface area contributed by atoms with Crippen LogP contribution in [0.2, 0.25) is 0 Å². The summed E-state index contributed by atoms with van der Waals surface area (Å²) in [5.74, 6) is 3.73. The Labute approximate surface area is 140 Å². The largest absolute Gasteiger partial charge is 0.486 e. The summed E-state index contributed by atoms with van der Waals surface area (Å²) in [6.07, 6.45) is 5.24.